The van der Waals surface area contributed by atoms with Crippen LogP contribution in [0.2, 0.25) is 0 Å². The van der Waals surface area contributed by atoms with Crippen LogP contribution in [0, 0.1) is 0 Å². The third-order valence-electron chi connectivity index (χ3n) is 3.80. The standard InChI is InChI=1S/C19H15NO5/c21-14(10-17(22)25-12-13-6-2-1-3-7-13)11-20-18(23)15-8-4-5-9-16(15)19(20)24/h1-9H,10-12H2. The van der Waals surface area contributed by atoms with Crippen LogP contribution in [0.25, 0.3) is 0 Å². The van der Waals surface area contributed by atoms with Crippen molar-refractivity contribution in [1.29, 1.82) is 0 Å². The molecule has 0 saturated carbocycles. The number of carbonyl (C=O) groups excluding carboxylic acids is 4. The topological polar surface area (TPSA) is 80.8 Å². The molecule has 126 valence electrons. The zero-order chi connectivity index (χ0) is 17.8. The monoisotopic (exact) mass is 337 g/mol. The molecule has 0 spiro atoms. The summed E-state index contributed by atoms with van der Waals surface area (Å²) in [5.74, 6) is -2.28. The van der Waals surface area contributed by atoms with Crippen LogP contribution in [0.3, 0.4) is 0 Å². The molecule has 0 aromatic heterocycles. The maximum atomic E-state index is 12.2. The number of carbonyl (C=O) groups is 4. The fourth-order valence-corrected chi connectivity index (χ4v) is 2.57. The van der Waals surface area contributed by atoms with Gasteiger partial charge in [-0.05, 0) is 17.7 Å². The summed E-state index contributed by atoms with van der Waals surface area (Å²) in [6, 6.07) is 15.4. The Morgan fingerprint density at radius 1 is 0.840 bits per heavy atom. The summed E-state index contributed by atoms with van der Waals surface area (Å²) < 4.78 is 5.03. The van der Waals surface area contributed by atoms with Gasteiger partial charge in [-0.2, -0.15) is 0 Å². The highest BCUT2D eigenvalue weighted by Gasteiger charge is 2.36. The Morgan fingerprint density at radius 3 is 2.00 bits per heavy atom. The molecule has 2 aromatic carbocycles. The number of ketones is 1. The van der Waals surface area contributed by atoms with Gasteiger partial charge < -0.3 is 4.74 Å². The van der Waals surface area contributed by atoms with E-state index in [1.807, 2.05) is 18.2 Å². The second-order valence-electron chi connectivity index (χ2n) is 5.60. The highest BCUT2D eigenvalue weighted by molar-refractivity contribution is 6.22. The number of esters is 1. The van der Waals surface area contributed by atoms with E-state index in [4.69, 9.17) is 4.74 Å². The zero-order valence-corrected chi connectivity index (χ0v) is 13.3. The summed E-state index contributed by atoms with van der Waals surface area (Å²) in [5.41, 5.74) is 1.35. The van der Waals surface area contributed by atoms with Gasteiger partial charge in [-0.1, -0.05) is 42.5 Å². The second kappa shape index (κ2) is 7.09. The summed E-state index contributed by atoms with van der Waals surface area (Å²) >= 11 is 0. The molecule has 0 saturated heterocycles. The van der Waals surface area contributed by atoms with Crippen LogP contribution in [0.15, 0.2) is 54.6 Å². The van der Waals surface area contributed by atoms with Crippen LogP contribution in [-0.4, -0.2) is 35.0 Å². The molecule has 0 N–H and O–H groups in total. The fraction of sp³-hybridized carbons (Fsp3) is 0.158. The summed E-state index contributed by atoms with van der Waals surface area (Å²) in [7, 11) is 0. The summed E-state index contributed by atoms with van der Waals surface area (Å²) in [6.07, 6.45) is -0.486. The van der Waals surface area contributed by atoms with Crippen molar-refractivity contribution in [2.45, 2.75) is 13.0 Å². The van der Waals surface area contributed by atoms with Crippen LogP contribution < -0.4 is 0 Å². The van der Waals surface area contributed by atoms with Gasteiger partial charge in [0.1, 0.15) is 13.0 Å². The van der Waals surface area contributed by atoms with Crippen molar-refractivity contribution in [1.82, 2.24) is 4.90 Å². The van der Waals surface area contributed by atoms with Crippen molar-refractivity contribution in [2.24, 2.45) is 0 Å². The molecule has 2 amide bonds. The van der Waals surface area contributed by atoms with Crippen LogP contribution in [0.1, 0.15) is 32.7 Å². The van der Waals surface area contributed by atoms with Crippen LogP contribution in [-0.2, 0) is 20.9 Å². The molecule has 25 heavy (non-hydrogen) atoms. The number of benzene rings is 2. The molecular formula is C19H15NO5. The molecule has 0 radical (unpaired) electrons. The van der Waals surface area contributed by atoms with E-state index in [-0.39, 0.29) is 17.7 Å². The summed E-state index contributed by atoms with van der Waals surface area (Å²) in [5, 5.41) is 0. The van der Waals surface area contributed by atoms with Crippen LogP contribution in [0.5, 0.6) is 0 Å². The van der Waals surface area contributed by atoms with Gasteiger partial charge in [0, 0.05) is 0 Å². The lowest BCUT2D eigenvalue weighted by molar-refractivity contribution is -0.147. The Morgan fingerprint density at radius 2 is 1.40 bits per heavy atom. The minimum absolute atomic E-state index is 0.0694. The van der Waals surface area contributed by atoms with Gasteiger partial charge >= 0.3 is 5.97 Å². The van der Waals surface area contributed by atoms with Crippen molar-refractivity contribution in [3.05, 3.63) is 71.3 Å². The van der Waals surface area contributed by atoms with Crippen molar-refractivity contribution in [2.75, 3.05) is 6.54 Å². The first-order valence-electron chi connectivity index (χ1n) is 7.72. The van der Waals surface area contributed by atoms with Gasteiger partial charge in [0.25, 0.3) is 11.8 Å². The highest BCUT2D eigenvalue weighted by Crippen LogP contribution is 2.22. The Kier molecular flexibility index (Phi) is 4.70. The molecule has 0 bridgehead atoms. The van der Waals surface area contributed by atoms with Gasteiger partial charge in [-0.25, -0.2) is 0 Å². The predicted molar refractivity (Wildman–Crippen MR) is 87.7 cm³/mol. The quantitative estimate of drug-likeness (QED) is 0.457. The van der Waals surface area contributed by atoms with Gasteiger partial charge in [-0.15, -0.1) is 0 Å². The molecule has 1 heterocycles. The number of Topliss-reactive ketones (excluding diaryl/α,β-unsaturated/α-hetero) is 1. The first-order valence-corrected chi connectivity index (χ1v) is 7.72. The molecule has 2 aromatic rings. The Bertz CT molecular complexity index is 809. The lowest BCUT2D eigenvalue weighted by Gasteiger charge is -2.12. The van der Waals surface area contributed by atoms with Gasteiger partial charge in [0.2, 0.25) is 0 Å². The number of nitrogens with zero attached hydrogens (tertiary/aromatic N) is 1. The van der Waals surface area contributed by atoms with Gasteiger partial charge in [0.15, 0.2) is 5.78 Å². The first kappa shape index (κ1) is 16.6. The summed E-state index contributed by atoms with van der Waals surface area (Å²) in [4.78, 5) is 49.0. The first-order chi connectivity index (χ1) is 12.1. The molecule has 1 aliphatic heterocycles. The number of hydrogen-bond acceptors (Lipinski definition) is 5. The minimum Gasteiger partial charge on any atom is -0.460 e. The fourth-order valence-electron chi connectivity index (χ4n) is 2.57. The van der Waals surface area contributed by atoms with E-state index in [0.717, 1.165) is 10.5 Å². The van der Waals surface area contributed by atoms with E-state index in [1.54, 1.807) is 24.3 Å². The van der Waals surface area contributed by atoms with Gasteiger partial charge in [0.05, 0.1) is 17.7 Å². The van der Waals surface area contributed by atoms with E-state index >= 15 is 0 Å². The van der Waals surface area contributed by atoms with E-state index < -0.39 is 36.5 Å². The third kappa shape index (κ3) is 3.63. The number of rotatable bonds is 6. The minimum atomic E-state index is -0.689. The third-order valence-corrected chi connectivity index (χ3v) is 3.80. The molecule has 0 atom stereocenters. The SMILES string of the molecule is O=C(CC(=O)OCc1ccccc1)CN1C(=O)c2ccccc2C1=O. The maximum absolute atomic E-state index is 12.2. The molecule has 6 nitrogen and oxygen atoms in total. The number of fused-ring (bicyclic) bond motifs is 1. The van der Waals surface area contributed by atoms with Crippen LogP contribution in [0.4, 0.5) is 0 Å². The Labute approximate surface area is 144 Å². The van der Waals surface area contributed by atoms with E-state index in [1.165, 1.54) is 12.1 Å². The second-order valence-corrected chi connectivity index (χ2v) is 5.60. The molecule has 0 aliphatic carbocycles. The number of imide groups is 1. The predicted octanol–water partition coefficient (Wildman–Crippen LogP) is 1.99. The molecule has 6 heteroatoms. The van der Waals surface area contributed by atoms with E-state index in [0.29, 0.717) is 0 Å². The number of hydrogen-bond donors (Lipinski definition) is 0. The molecule has 1 aliphatic rings. The normalized spacial score (nSPS) is 12.9. The van der Waals surface area contributed by atoms with Crippen LogP contribution >= 0.6 is 0 Å². The largest absolute Gasteiger partial charge is 0.460 e. The van der Waals surface area contributed by atoms with E-state index in [9.17, 15) is 19.2 Å². The highest BCUT2D eigenvalue weighted by atomic mass is 16.5. The Hall–Kier alpha value is -3.28. The van der Waals surface area contributed by atoms with Crippen molar-refractivity contribution >= 4 is 23.6 Å². The molecule has 0 unspecified atom stereocenters. The van der Waals surface area contributed by atoms with Crippen molar-refractivity contribution in [3.8, 4) is 0 Å². The lowest BCUT2D eigenvalue weighted by atomic mass is 10.1. The van der Waals surface area contributed by atoms with E-state index in [2.05, 4.69) is 0 Å². The molecule has 3 rings (SSSR count). The average molecular weight is 337 g/mol. The average Bonchev–Trinajstić information content (AvgIpc) is 2.86. The summed E-state index contributed by atoms with van der Waals surface area (Å²) in [6.45, 7) is -0.368. The van der Waals surface area contributed by atoms with Crippen molar-refractivity contribution in [3.63, 3.8) is 0 Å². The molecular weight excluding hydrogens is 322 g/mol. The number of ether oxygens (including phenoxy) is 1. The zero-order valence-electron chi connectivity index (χ0n) is 13.3. The smallest absolute Gasteiger partial charge is 0.313 e. The van der Waals surface area contributed by atoms with Gasteiger partial charge in [-0.3, -0.25) is 24.1 Å². The van der Waals surface area contributed by atoms with Crippen molar-refractivity contribution < 1.29 is 23.9 Å². The lowest BCUT2D eigenvalue weighted by Crippen LogP contribution is -2.35. The maximum Gasteiger partial charge on any atom is 0.313 e. The molecule has 0 fully saturated rings. The number of amides is 2. The Balaban J connectivity index is 1.54.